The van der Waals surface area contributed by atoms with E-state index in [1.165, 1.54) is 16.4 Å². The molecule has 4 heterocycles. The largest absolute Gasteiger partial charge is 0.394 e. The number of hydrogen-bond donors (Lipinski definition) is 2. The Hall–Kier alpha value is -3.13. The van der Waals surface area contributed by atoms with Crippen molar-refractivity contribution in [2.75, 3.05) is 19.8 Å². The molecule has 0 spiro atoms. The summed E-state index contributed by atoms with van der Waals surface area (Å²) in [4.78, 5) is 2.96. The van der Waals surface area contributed by atoms with E-state index in [1.807, 2.05) is 12.1 Å². The lowest BCUT2D eigenvalue weighted by Crippen LogP contribution is -2.16. The van der Waals surface area contributed by atoms with Gasteiger partial charge in [0.05, 0.1) is 76.9 Å². The van der Waals surface area contributed by atoms with Crippen molar-refractivity contribution >= 4 is 47.2 Å². The zero-order chi connectivity index (χ0) is 36.1. The van der Waals surface area contributed by atoms with Gasteiger partial charge in [-0.2, -0.15) is 30.0 Å². The molecular formula is C36H42Cl4FN7O3. The zero-order valence-corrected chi connectivity index (χ0v) is 31.8. The standard InChI is InChI=1S/C14H16ClN3O.C12H14ClFO.C10H11ClN4O.ClH/c1-14(2)8-11(9-19-14)10-3-4-12(15)13(7-10)18-16-5-6-17-18;1-12(2)6-9(7-15-12)8-3-4-10(13)11(14)5-8;11-8-2-1-7(9(12)6-16)5-10(8)15-13-3-4-14-15;/h3-7,11H,8-9H2,1-2H3;3-5,9H,6-7H2,1-2H3;1-5,9,16H,6,12H2;1H/t11-;2*9-;/m111./s1. The van der Waals surface area contributed by atoms with Crippen LogP contribution in [0.3, 0.4) is 0 Å². The number of aromatic nitrogens is 6. The van der Waals surface area contributed by atoms with Gasteiger partial charge in [0.2, 0.25) is 0 Å². The minimum atomic E-state index is -0.424. The van der Waals surface area contributed by atoms with Gasteiger partial charge in [0, 0.05) is 11.8 Å². The predicted octanol–water partition coefficient (Wildman–Crippen LogP) is 8.30. The van der Waals surface area contributed by atoms with Gasteiger partial charge in [-0.15, -0.1) is 12.4 Å². The van der Waals surface area contributed by atoms with Crippen LogP contribution >= 0.6 is 47.2 Å². The van der Waals surface area contributed by atoms with Gasteiger partial charge >= 0.3 is 0 Å². The highest BCUT2D eigenvalue weighted by Crippen LogP contribution is 2.38. The second-order valence-corrected chi connectivity index (χ2v) is 14.7. The maximum Gasteiger partial charge on any atom is 0.142 e. The van der Waals surface area contributed by atoms with E-state index < -0.39 is 6.04 Å². The molecule has 0 radical (unpaired) electrons. The first kappa shape index (κ1) is 40.6. The van der Waals surface area contributed by atoms with Crippen molar-refractivity contribution in [1.82, 2.24) is 30.0 Å². The van der Waals surface area contributed by atoms with Crippen LogP contribution in [0, 0.1) is 5.82 Å². The summed E-state index contributed by atoms with van der Waals surface area (Å²) in [5.74, 6) is 0.340. The molecular weight excluding hydrogens is 739 g/mol. The first-order valence-corrected chi connectivity index (χ1v) is 17.3. The van der Waals surface area contributed by atoms with Gasteiger partial charge in [0.25, 0.3) is 0 Å². The van der Waals surface area contributed by atoms with Crippen molar-refractivity contribution in [3.05, 3.63) is 117 Å². The smallest absolute Gasteiger partial charge is 0.142 e. The summed E-state index contributed by atoms with van der Waals surface area (Å²) in [6.07, 6.45) is 8.36. The summed E-state index contributed by atoms with van der Waals surface area (Å²) < 4.78 is 24.7. The molecule has 5 aromatic rings. The molecule has 10 nitrogen and oxygen atoms in total. The normalized spacial score (nSPS) is 19.3. The fraction of sp³-hybridized carbons (Fsp3) is 0.389. The van der Waals surface area contributed by atoms with Crippen molar-refractivity contribution in [1.29, 1.82) is 0 Å². The molecule has 7 rings (SSSR count). The van der Waals surface area contributed by atoms with Crippen LogP contribution in [0.1, 0.15) is 75.1 Å². The number of nitrogens with two attached hydrogens (primary N) is 1. The SMILES string of the molecule is CC1(C)C[C@@H](c2ccc(Cl)c(-n3nccn3)c2)CO1.CC1(C)C[C@@H](c2ccc(Cl)c(F)c2)CO1.Cl.N[C@H](CO)c1ccc(Cl)c(-n2nccn2)c1. The van der Waals surface area contributed by atoms with E-state index in [9.17, 15) is 4.39 Å². The van der Waals surface area contributed by atoms with Crippen LogP contribution in [0.2, 0.25) is 15.1 Å². The Kier molecular flexibility index (Phi) is 14.0. The van der Waals surface area contributed by atoms with Gasteiger partial charge in [-0.05, 0) is 93.6 Å². The molecule has 2 aromatic heterocycles. The minimum absolute atomic E-state index is 0. The van der Waals surface area contributed by atoms with E-state index in [0.29, 0.717) is 28.3 Å². The maximum absolute atomic E-state index is 13.3. The fourth-order valence-electron chi connectivity index (χ4n) is 5.91. The molecule has 0 unspecified atom stereocenters. The Bertz CT molecular complexity index is 1860. The molecule has 3 aromatic carbocycles. The van der Waals surface area contributed by atoms with Crippen molar-refractivity contribution < 1.29 is 19.0 Å². The van der Waals surface area contributed by atoms with Crippen molar-refractivity contribution in [2.45, 2.75) is 69.6 Å². The Balaban J connectivity index is 0.000000171. The van der Waals surface area contributed by atoms with Crippen molar-refractivity contribution in [3.8, 4) is 11.4 Å². The molecule has 274 valence electrons. The highest BCUT2D eigenvalue weighted by molar-refractivity contribution is 6.32. The average molecular weight is 782 g/mol. The van der Waals surface area contributed by atoms with Crippen LogP contribution in [0.15, 0.2) is 79.4 Å². The molecule has 2 fully saturated rings. The number of rotatable bonds is 6. The van der Waals surface area contributed by atoms with E-state index in [-0.39, 0.29) is 47.0 Å². The second-order valence-electron chi connectivity index (χ2n) is 13.5. The van der Waals surface area contributed by atoms with Crippen molar-refractivity contribution in [3.63, 3.8) is 0 Å². The third-order valence-corrected chi connectivity index (χ3v) is 9.49. The molecule has 3 N–H and O–H groups in total. The highest BCUT2D eigenvalue weighted by Gasteiger charge is 2.34. The number of nitrogens with zero attached hydrogens (tertiary/aromatic N) is 6. The minimum Gasteiger partial charge on any atom is -0.394 e. The van der Waals surface area contributed by atoms with Gasteiger partial charge in [0.1, 0.15) is 17.2 Å². The van der Waals surface area contributed by atoms with E-state index >= 15 is 0 Å². The summed E-state index contributed by atoms with van der Waals surface area (Å²) in [7, 11) is 0. The number of aliphatic hydroxyl groups excluding tert-OH is 1. The number of halogens is 5. The molecule has 2 aliphatic heterocycles. The van der Waals surface area contributed by atoms with Crippen LogP contribution in [0.5, 0.6) is 0 Å². The van der Waals surface area contributed by atoms with E-state index in [0.717, 1.165) is 36.3 Å². The highest BCUT2D eigenvalue weighted by atomic mass is 35.5. The molecule has 0 bridgehead atoms. The summed E-state index contributed by atoms with van der Waals surface area (Å²) >= 11 is 17.9. The first-order valence-electron chi connectivity index (χ1n) is 16.2. The third-order valence-electron chi connectivity index (χ3n) is 8.55. The molecule has 0 aliphatic carbocycles. The summed E-state index contributed by atoms with van der Waals surface area (Å²) in [5.41, 5.74) is 10.0. The summed E-state index contributed by atoms with van der Waals surface area (Å²) in [5, 5.41) is 26.6. The molecule has 2 aliphatic rings. The van der Waals surface area contributed by atoms with Gasteiger partial charge in [-0.3, -0.25) is 0 Å². The van der Waals surface area contributed by atoms with Crippen LogP contribution in [-0.4, -0.2) is 66.1 Å². The topological polar surface area (TPSA) is 126 Å². The average Bonchev–Trinajstić information content (AvgIpc) is 3.92. The molecule has 0 amide bonds. The fourth-order valence-corrected chi connectivity index (χ4v) is 6.41. The van der Waals surface area contributed by atoms with Crippen LogP contribution < -0.4 is 5.73 Å². The van der Waals surface area contributed by atoms with Gasteiger partial charge in [-0.25, -0.2) is 4.39 Å². The lowest BCUT2D eigenvalue weighted by Gasteiger charge is -2.16. The summed E-state index contributed by atoms with van der Waals surface area (Å²) in [6, 6.07) is 15.8. The van der Waals surface area contributed by atoms with Gasteiger partial charge < -0.3 is 20.3 Å². The first-order chi connectivity index (χ1) is 23.7. The Labute approximate surface area is 318 Å². The number of hydrogen-bond acceptors (Lipinski definition) is 8. The Morgan fingerprint density at radius 1 is 0.745 bits per heavy atom. The second kappa shape index (κ2) is 17.6. The molecule has 2 saturated heterocycles. The van der Waals surface area contributed by atoms with E-state index in [1.54, 1.807) is 53.8 Å². The van der Waals surface area contributed by atoms with Crippen molar-refractivity contribution in [2.24, 2.45) is 5.73 Å². The number of aliphatic hydroxyl groups is 1. The van der Waals surface area contributed by atoms with Crippen LogP contribution in [0.4, 0.5) is 4.39 Å². The quantitative estimate of drug-likeness (QED) is 0.176. The van der Waals surface area contributed by atoms with Gasteiger partial charge in [0.15, 0.2) is 0 Å². The van der Waals surface area contributed by atoms with E-state index in [4.69, 9.17) is 55.1 Å². The third kappa shape index (κ3) is 10.7. The Morgan fingerprint density at radius 2 is 1.18 bits per heavy atom. The monoisotopic (exact) mass is 779 g/mol. The maximum atomic E-state index is 13.3. The number of ether oxygens (including phenoxy) is 2. The van der Waals surface area contributed by atoms with Crippen LogP contribution in [0.25, 0.3) is 11.4 Å². The predicted molar refractivity (Wildman–Crippen MR) is 200 cm³/mol. The lowest BCUT2D eigenvalue weighted by molar-refractivity contribution is 0.0357. The van der Waals surface area contributed by atoms with Crippen LogP contribution in [-0.2, 0) is 9.47 Å². The Morgan fingerprint density at radius 3 is 1.61 bits per heavy atom. The molecule has 3 atom stereocenters. The number of benzene rings is 3. The zero-order valence-electron chi connectivity index (χ0n) is 28.7. The molecule has 51 heavy (non-hydrogen) atoms. The lowest BCUT2D eigenvalue weighted by atomic mass is 9.91. The molecule has 0 saturated carbocycles. The van der Waals surface area contributed by atoms with E-state index in [2.05, 4.69) is 60.2 Å². The summed E-state index contributed by atoms with van der Waals surface area (Å²) in [6.45, 7) is 9.65. The molecule has 15 heteroatoms. The van der Waals surface area contributed by atoms with Gasteiger partial charge in [-0.1, -0.05) is 53.0 Å².